The number of hydrogen-bond acceptors (Lipinski definition) is 5. The van der Waals surface area contributed by atoms with Gasteiger partial charge in [-0.05, 0) is 56.7 Å². The molecule has 4 aromatic rings. The van der Waals surface area contributed by atoms with Gasteiger partial charge in [-0.15, -0.1) is 0 Å². The van der Waals surface area contributed by atoms with Crippen molar-refractivity contribution in [1.82, 2.24) is 15.0 Å². The van der Waals surface area contributed by atoms with Crippen LogP contribution in [0.25, 0.3) is 21.9 Å². The molecule has 1 fully saturated rings. The van der Waals surface area contributed by atoms with Crippen LogP contribution in [0.2, 0.25) is 0 Å². The Morgan fingerprint density at radius 1 is 1.13 bits per heavy atom. The average Bonchev–Trinajstić information content (AvgIpc) is 3.12. The zero-order chi connectivity index (χ0) is 20.7. The van der Waals surface area contributed by atoms with Crippen LogP contribution in [-0.4, -0.2) is 47.2 Å². The fraction of sp³-hybridized carbons (Fsp3) is 0.333. The second-order valence-corrected chi connectivity index (χ2v) is 8.01. The van der Waals surface area contributed by atoms with Crippen LogP contribution in [0.15, 0.2) is 48.8 Å². The highest BCUT2D eigenvalue weighted by atomic mass is 16.5. The van der Waals surface area contributed by atoms with Gasteiger partial charge in [-0.25, -0.2) is 9.97 Å². The van der Waals surface area contributed by atoms with E-state index in [4.69, 9.17) is 4.74 Å². The van der Waals surface area contributed by atoms with Crippen molar-refractivity contribution in [3.05, 3.63) is 54.4 Å². The summed E-state index contributed by atoms with van der Waals surface area (Å²) in [5.74, 6) is 1.84. The monoisotopic (exact) mass is 401 g/mol. The molecular weight excluding hydrogens is 374 g/mol. The van der Waals surface area contributed by atoms with Gasteiger partial charge in [0.2, 0.25) is 0 Å². The number of nitrogens with zero attached hydrogens (tertiary/aromatic N) is 4. The third kappa shape index (κ3) is 3.22. The molecule has 1 atom stereocenters. The molecule has 1 aliphatic heterocycles. The van der Waals surface area contributed by atoms with Gasteiger partial charge in [0.25, 0.3) is 0 Å². The van der Waals surface area contributed by atoms with Crippen LogP contribution in [0, 0.1) is 6.92 Å². The maximum absolute atomic E-state index is 5.68. The second-order valence-electron chi connectivity index (χ2n) is 8.01. The molecule has 0 amide bonds. The minimum atomic E-state index is 0.388. The van der Waals surface area contributed by atoms with Crippen molar-refractivity contribution in [2.24, 2.45) is 0 Å². The van der Waals surface area contributed by atoms with Crippen LogP contribution in [-0.2, 0) is 0 Å². The highest BCUT2D eigenvalue weighted by molar-refractivity contribution is 6.08. The Morgan fingerprint density at radius 2 is 2.03 bits per heavy atom. The Kier molecular flexibility index (Phi) is 4.69. The number of hydrogen-bond donors (Lipinski definition) is 1. The van der Waals surface area contributed by atoms with Gasteiger partial charge >= 0.3 is 0 Å². The SMILES string of the molecule is CCOc1ccc2[nH]c3c(N4CCN(c5cccc(C)c5)[C@@H](C)C4)ncnc3c2c1. The number of fused-ring (bicyclic) bond motifs is 3. The zero-order valence-electron chi connectivity index (χ0n) is 17.7. The lowest BCUT2D eigenvalue weighted by Gasteiger charge is -2.42. The van der Waals surface area contributed by atoms with E-state index in [1.807, 2.05) is 13.0 Å². The molecule has 3 heterocycles. The molecule has 6 nitrogen and oxygen atoms in total. The van der Waals surface area contributed by atoms with Gasteiger partial charge in [-0.1, -0.05) is 12.1 Å². The Hall–Kier alpha value is -3.28. The van der Waals surface area contributed by atoms with Gasteiger partial charge in [0.15, 0.2) is 5.82 Å². The topological polar surface area (TPSA) is 57.3 Å². The normalized spacial score (nSPS) is 17.1. The fourth-order valence-corrected chi connectivity index (χ4v) is 4.49. The largest absolute Gasteiger partial charge is 0.494 e. The molecule has 1 aliphatic rings. The number of piperazine rings is 1. The molecule has 2 aromatic heterocycles. The lowest BCUT2D eigenvalue weighted by atomic mass is 10.1. The molecule has 0 radical (unpaired) electrons. The molecule has 30 heavy (non-hydrogen) atoms. The van der Waals surface area contributed by atoms with Crippen LogP contribution in [0.1, 0.15) is 19.4 Å². The van der Waals surface area contributed by atoms with Crippen molar-refractivity contribution in [3.8, 4) is 5.75 Å². The number of aromatic nitrogens is 3. The first-order valence-corrected chi connectivity index (χ1v) is 10.6. The standard InChI is InChI=1S/C24H27N5O/c1-4-30-19-8-9-21-20(13-19)22-23(27-21)24(26-15-25-22)28-10-11-29(17(3)14-28)18-7-5-6-16(2)12-18/h5-9,12-13,15,17,27H,4,10-11,14H2,1-3H3/t17-/m0/s1. The average molecular weight is 402 g/mol. The third-order valence-electron chi connectivity index (χ3n) is 5.90. The summed E-state index contributed by atoms with van der Waals surface area (Å²) in [6, 6.07) is 15.3. The van der Waals surface area contributed by atoms with Crippen LogP contribution in [0.5, 0.6) is 5.75 Å². The number of anilines is 2. The Morgan fingerprint density at radius 3 is 2.83 bits per heavy atom. The van der Waals surface area contributed by atoms with Crippen molar-refractivity contribution in [2.45, 2.75) is 26.8 Å². The summed E-state index contributed by atoms with van der Waals surface area (Å²) in [5, 5.41) is 1.08. The highest BCUT2D eigenvalue weighted by Gasteiger charge is 2.26. The first-order valence-electron chi connectivity index (χ1n) is 10.6. The molecule has 1 saturated heterocycles. The Balaban J connectivity index is 1.47. The van der Waals surface area contributed by atoms with E-state index in [2.05, 4.69) is 75.0 Å². The van der Waals surface area contributed by atoms with E-state index in [0.29, 0.717) is 12.6 Å². The van der Waals surface area contributed by atoms with Crippen LogP contribution >= 0.6 is 0 Å². The zero-order valence-corrected chi connectivity index (χ0v) is 17.7. The molecule has 0 unspecified atom stereocenters. The quantitative estimate of drug-likeness (QED) is 0.544. The smallest absolute Gasteiger partial charge is 0.156 e. The maximum atomic E-state index is 5.68. The second kappa shape index (κ2) is 7.52. The van der Waals surface area contributed by atoms with Crippen molar-refractivity contribution < 1.29 is 4.74 Å². The van der Waals surface area contributed by atoms with Crippen LogP contribution < -0.4 is 14.5 Å². The summed E-state index contributed by atoms with van der Waals surface area (Å²) in [7, 11) is 0. The first-order chi connectivity index (χ1) is 14.6. The van der Waals surface area contributed by atoms with Gasteiger partial charge in [0, 0.05) is 42.3 Å². The van der Waals surface area contributed by atoms with Crippen LogP contribution in [0.4, 0.5) is 11.5 Å². The van der Waals surface area contributed by atoms with Crippen molar-refractivity contribution in [1.29, 1.82) is 0 Å². The molecule has 0 spiro atoms. The lowest BCUT2D eigenvalue weighted by Crippen LogP contribution is -2.52. The van der Waals surface area contributed by atoms with E-state index in [-0.39, 0.29) is 0 Å². The summed E-state index contributed by atoms with van der Waals surface area (Å²) in [5.41, 5.74) is 5.59. The molecule has 1 N–H and O–H groups in total. The Bertz CT molecular complexity index is 1200. The van der Waals surface area contributed by atoms with E-state index in [1.165, 1.54) is 11.3 Å². The molecule has 0 aliphatic carbocycles. The Labute approximate surface area is 176 Å². The predicted molar refractivity (Wildman–Crippen MR) is 123 cm³/mol. The van der Waals surface area contributed by atoms with E-state index in [1.54, 1.807) is 6.33 Å². The number of nitrogens with one attached hydrogen (secondary N) is 1. The molecule has 0 saturated carbocycles. The first kappa shape index (κ1) is 18.7. The number of ether oxygens (including phenoxy) is 1. The lowest BCUT2D eigenvalue weighted by molar-refractivity contribution is 0.341. The van der Waals surface area contributed by atoms with Crippen molar-refractivity contribution in [2.75, 3.05) is 36.0 Å². The fourth-order valence-electron chi connectivity index (χ4n) is 4.49. The summed E-state index contributed by atoms with van der Waals surface area (Å²) < 4.78 is 5.68. The number of aromatic amines is 1. The molecule has 6 heteroatoms. The summed E-state index contributed by atoms with van der Waals surface area (Å²) in [6.45, 7) is 9.88. The minimum Gasteiger partial charge on any atom is -0.494 e. The van der Waals surface area contributed by atoms with Gasteiger partial charge in [0.1, 0.15) is 23.1 Å². The molecule has 154 valence electrons. The number of benzene rings is 2. The summed E-state index contributed by atoms with van der Waals surface area (Å²) in [4.78, 5) is 17.7. The summed E-state index contributed by atoms with van der Waals surface area (Å²) >= 11 is 0. The van der Waals surface area contributed by atoms with Gasteiger partial charge < -0.3 is 19.5 Å². The van der Waals surface area contributed by atoms with E-state index in [0.717, 1.165) is 53.1 Å². The summed E-state index contributed by atoms with van der Waals surface area (Å²) in [6.07, 6.45) is 1.68. The van der Waals surface area contributed by atoms with Crippen molar-refractivity contribution in [3.63, 3.8) is 0 Å². The van der Waals surface area contributed by atoms with Crippen LogP contribution in [0.3, 0.4) is 0 Å². The third-order valence-corrected chi connectivity index (χ3v) is 5.90. The number of rotatable bonds is 4. The highest BCUT2D eigenvalue weighted by Crippen LogP contribution is 2.33. The number of H-pyrrole nitrogens is 1. The maximum Gasteiger partial charge on any atom is 0.156 e. The van der Waals surface area contributed by atoms with Gasteiger partial charge in [-0.3, -0.25) is 0 Å². The van der Waals surface area contributed by atoms with Crippen molar-refractivity contribution >= 4 is 33.4 Å². The van der Waals surface area contributed by atoms with Gasteiger partial charge in [-0.2, -0.15) is 0 Å². The molecule has 0 bridgehead atoms. The van der Waals surface area contributed by atoms with E-state index in [9.17, 15) is 0 Å². The molecule has 5 rings (SSSR count). The van der Waals surface area contributed by atoms with E-state index < -0.39 is 0 Å². The molecular formula is C24H27N5O. The number of aryl methyl sites for hydroxylation is 1. The van der Waals surface area contributed by atoms with Gasteiger partial charge in [0.05, 0.1) is 6.61 Å². The predicted octanol–water partition coefficient (Wildman–Crippen LogP) is 4.53. The van der Waals surface area contributed by atoms with E-state index >= 15 is 0 Å². The molecule has 2 aromatic carbocycles. The minimum absolute atomic E-state index is 0.388.